The van der Waals surface area contributed by atoms with E-state index in [2.05, 4.69) is 31.8 Å². The van der Waals surface area contributed by atoms with Crippen LogP contribution in [-0.4, -0.2) is 48.6 Å². The van der Waals surface area contributed by atoms with E-state index in [-0.39, 0.29) is 19.1 Å². The molecule has 0 aliphatic carbocycles. The molecule has 5 rings (SSSR count). The molecule has 2 N–H and O–H groups in total. The monoisotopic (exact) mass is 483 g/mol. The summed E-state index contributed by atoms with van der Waals surface area (Å²) in [5.74, 6) is 0.984. The van der Waals surface area contributed by atoms with Crippen molar-refractivity contribution in [2.75, 3.05) is 6.61 Å². The van der Waals surface area contributed by atoms with Crippen LogP contribution in [0.1, 0.15) is 34.2 Å². The number of hydrogen-bond acceptors (Lipinski definition) is 9. The molecule has 5 aromatic rings. The van der Waals surface area contributed by atoms with Gasteiger partial charge in [-0.15, -0.1) is 15.3 Å². The van der Waals surface area contributed by atoms with Gasteiger partial charge < -0.3 is 19.7 Å². The molecule has 3 heterocycles. The minimum atomic E-state index is -0.399. The number of nitrogens with one attached hydrogen (secondary N) is 1. The molecule has 0 fully saturated rings. The highest BCUT2D eigenvalue weighted by atomic mass is 16.5. The van der Waals surface area contributed by atoms with Crippen LogP contribution in [-0.2, 0) is 6.61 Å². The molecule has 180 valence electrons. The second kappa shape index (κ2) is 9.44. The zero-order chi connectivity index (χ0) is 25.2. The molecular formula is C25H21N7O4. The minimum Gasteiger partial charge on any atom is -0.471 e. The van der Waals surface area contributed by atoms with E-state index in [0.29, 0.717) is 45.5 Å². The van der Waals surface area contributed by atoms with Crippen molar-refractivity contribution in [3.05, 3.63) is 71.0 Å². The molecule has 3 aromatic heterocycles. The second-order valence-corrected chi connectivity index (χ2v) is 8.26. The second-order valence-electron chi connectivity index (χ2n) is 8.26. The van der Waals surface area contributed by atoms with Crippen molar-refractivity contribution >= 4 is 22.3 Å². The first kappa shape index (κ1) is 22.9. The lowest BCUT2D eigenvalue weighted by Gasteiger charge is -2.13. The molecule has 0 aliphatic heterocycles. The van der Waals surface area contributed by atoms with E-state index in [0.717, 1.165) is 10.8 Å². The summed E-state index contributed by atoms with van der Waals surface area (Å²) < 4.78 is 12.8. The normalized spacial score (nSPS) is 11.9. The smallest absolute Gasteiger partial charge is 0.251 e. The van der Waals surface area contributed by atoms with Gasteiger partial charge in [-0.3, -0.25) is 4.79 Å². The maximum absolute atomic E-state index is 12.4. The highest BCUT2D eigenvalue weighted by Crippen LogP contribution is 2.29. The molecule has 0 spiro atoms. The van der Waals surface area contributed by atoms with Gasteiger partial charge in [0.1, 0.15) is 12.4 Å². The number of nitriles is 1. The Kier molecular flexibility index (Phi) is 6.02. The lowest BCUT2D eigenvalue weighted by atomic mass is 10.0. The van der Waals surface area contributed by atoms with Crippen molar-refractivity contribution in [2.24, 2.45) is 0 Å². The van der Waals surface area contributed by atoms with Crippen LogP contribution in [0.4, 0.5) is 0 Å². The number of fused-ring (bicyclic) bond motifs is 3. The largest absolute Gasteiger partial charge is 0.471 e. The summed E-state index contributed by atoms with van der Waals surface area (Å²) in [6.07, 6.45) is 0. The highest BCUT2D eigenvalue weighted by Gasteiger charge is 2.19. The zero-order valence-corrected chi connectivity index (χ0v) is 19.5. The third kappa shape index (κ3) is 4.21. The third-order valence-corrected chi connectivity index (χ3v) is 5.60. The lowest BCUT2D eigenvalue weighted by Crippen LogP contribution is -2.35. The number of carbonyl (C=O) groups excluding carboxylic acids is 1. The van der Waals surface area contributed by atoms with E-state index in [1.165, 1.54) is 6.07 Å². The molecule has 36 heavy (non-hydrogen) atoms. The fraction of sp³-hybridized carbons (Fsp3) is 0.200. The van der Waals surface area contributed by atoms with Crippen molar-refractivity contribution in [3.63, 3.8) is 0 Å². The molecule has 0 bridgehead atoms. The fourth-order valence-electron chi connectivity index (χ4n) is 3.74. The first-order valence-corrected chi connectivity index (χ1v) is 11.1. The first-order valence-electron chi connectivity index (χ1n) is 11.1. The topological polar surface area (TPSA) is 151 Å². The Hall–Kier alpha value is -4.82. The summed E-state index contributed by atoms with van der Waals surface area (Å²) in [6, 6.07) is 15.8. The SMILES string of the molecule is Cc1cc(-c2nnc3c4ccccc4c(OCc4ccc(C(=O)N[C@H](C)CO)cc4C#N)nn23)no1. The van der Waals surface area contributed by atoms with Gasteiger partial charge >= 0.3 is 0 Å². The van der Waals surface area contributed by atoms with Crippen molar-refractivity contribution < 1.29 is 19.2 Å². The molecule has 1 amide bonds. The Bertz CT molecular complexity index is 1630. The number of aryl methyl sites for hydroxylation is 1. The Morgan fingerprint density at radius 3 is 2.75 bits per heavy atom. The molecule has 11 heteroatoms. The highest BCUT2D eigenvalue weighted by molar-refractivity contribution is 5.97. The summed E-state index contributed by atoms with van der Waals surface area (Å²) in [7, 11) is 0. The maximum Gasteiger partial charge on any atom is 0.251 e. The predicted octanol–water partition coefficient (Wildman–Crippen LogP) is 2.80. The molecule has 0 unspecified atom stereocenters. The Labute approximate surface area is 204 Å². The summed E-state index contributed by atoms with van der Waals surface area (Å²) in [5, 5.41) is 40.2. The fourth-order valence-corrected chi connectivity index (χ4v) is 3.74. The van der Waals surface area contributed by atoms with Crippen LogP contribution in [0.15, 0.2) is 53.1 Å². The van der Waals surface area contributed by atoms with E-state index < -0.39 is 6.04 Å². The minimum absolute atomic E-state index is 0.0425. The van der Waals surface area contributed by atoms with Crippen LogP contribution >= 0.6 is 0 Å². The number of aromatic nitrogens is 5. The maximum atomic E-state index is 12.4. The van der Waals surface area contributed by atoms with Crippen LogP contribution in [0.5, 0.6) is 5.88 Å². The summed E-state index contributed by atoms with van der Waals surface area (Å²) in [5.41, 5.74) is 2.24. The Morgan fingerprint density at radius 1 is 1.22 bits per heavy atom. The number of amides is 1. The standard InChI is InChI=1S/C25H21N7O4/c1-14(12-33)27-24(34)16-7-8-17(18(10-16)11-26)13-35-25-20-6-4-3-5-19(20)22-28-29-23(32(22)30-25)21-9-15(2)36-31-21/h3-10,14,33H,12-13H2,1-2H3,(H,27,34)/t14-/m1/s1. The van der Waals surface area contributed by atoms with Gasteiger partial charge in [0.05, 0.1) is 18.2 Å². The van der Waals surface area contributed by atoms with Gasteiger partial charge in [-0.2, -0.15) is 9.78 Å². The number of aliphatic hydroxyl groups is 1. The summed E-state index contributed by atoms with van der Waals surface area (Å²) >= 11 is 0. The zero-order valence-electron chi connectivity index (χ0n) is 19.5. The van der Waals surface area contributed by atoms with E-state index in [1.54, 1.807) is 36.6 Å². The van der Waals surface area contributed by atoms with Crippen molar-refractivity contribution in [2.45, 2.75) is 26.5 Å². The molecule has 11 nitrogen and oxygen atoms in total. The first-order chi connectivity index (χ1) is 17.5. The number of nitrogens with zero attached hydrogens (tertiary/aromatic N) is 6. The van der Waals surface area contributed by atoms with Crippen molar-refractivity contribution in [1.29, 1.82) is 5.26 Å². The number of benzene rings is 2. The quantitative estimate of drug-likeness (QED) is 0.356. The van der Waals surface area contributed by atoms with E-state index >= 15 is 0 Å². The molecule has 1 atom stereocenters. The molecule has 0 saturated heterocycles. The summed E-state index contributed by atoms with van der Waals surface area (Å²) in [4.78, 5) is 12.4. The van der Waals surface area contributed by atoms with Crippen LogP contribution < -0.4 is 10.1 Å². The van der Waals surface area contributed by atoms with Gasteiger partial charge in [0.2, 0.25) is 11.7 Å². The van der Waals surface area contributed by atoms with Gasteiger partial charge in [0.25, 0.3) is 5.91 Å². The van der Waals surface area contributed by atoms with Gasteiger partial charge in [-0.1, -0.05) is 29.4 Å². The molecule has 0 radical (unpaired) electrons. The molecule has 0 saturated carbocycles. The Morgan fingerprint density at radius 2 is 2.03 bits per heavy atom. The average Bonchev–Trinajstić information content (AvgIpc) is 3.52. The van der Waals surface area contributed by atoms with Gasteiger partial charge in [-0.05, 0) is 32.0 Å². The van der Waals surface area contributed by atoms with Crippen molar-refractivity contribution in [1.82, 2.24) is 30.3 Å². The number of hydrogen-bond donors (Lipinski definition) is 2. The summed E-state index contributed by atoms with van der Waals surface area (Å²) in [6.45, 7) is 3.33. The number of rotatable bonds is 7. The van der Waals surface area contributed by atoms with E-state index in [4.69, 9.17) is 14.4 Å². The number of ether oxygens (including phenoxy) is 1. The van der Waals surface area contributed by atoms with Crippen LogP contribution in [0.3, 0.4) is 0 Å². The predicted molar refractivity (Wildman–Crippen MR) is 128 cm³/mol. The van der Waals surface area contributed by atoms with Crippen molar-refractivity contribution in [3.8, 4) is 23.5 Å². The number of aliphatic hydroxyl groups excluding tert-OH is 1. The average molecular weight is 483 g/mol. The van der Waals surface area contributed by atoms with Crippen LogP contribution in [0, 0.1) is 18.3 Å². The molecular weight excluding hydrogens is 462 g/mol. The van der Waals surface area contributed by atoms with Crippen LogP contribution in [0.25, 0.3) is 27.9 Å². The molecule has 0 aliphatic rings. The third-order valence-electron chi connectivity index (χ3n) is 5.60. The molecule has 2 aromatic carbocycles. The van der Waals surface area contributed by atoms with E-state index in [9.17, 15) is 10.1 Å². The number of carbonyl (C=O) groups is 1. The van der Waals surface area contributed by atoms with Crippen LogP contribution in [0.2, 0.25) is 0 Å². The van der Waals surface area contributed by atoms with E-state index in [1.807, 2.05) is 24.3 Å². The lowest BCUT2D eigenvalue weighted by molar-refractivity contribution is 0.0922. The Balaban J connectivity index is 1.49. The van der Waals surface area contributed by atoms with Gasteiger partial charge in [0.15, 0.2) is 11.3 Å². The van der Waals surface area contributed by atoms with Gasteiger partial charge in [-0.25, -0.2) is 0 Å². The van der Waals surface area contributed by atoms with Gasteiger partial charge in [0, 0.05) is 34.0 Å².